The molecule has 1 saturated heterocycles. The minimum atomic E-state index is -0.930. The van der Waals surface area contributed by atoms with Gasteiger partial charge in [0.25, 0.3) is 11.8 Å². The number of hydrogen-bond acceptors (Lipinski definition) is 4. The fourth-order valence-corrected chi connectivity index (χ4v) is 6.07. The molecule has 9 heteroatoms. The first kappa shape index (κ1) is 27.4. The summed E-state index contributed by atoms with van der Waals surface area (Å²) in [6.45, 7) is 4.93. The third kappa shape index (κ3) is 5.73. The van der Waals surface area contributed by atoms with E-state index >= 15 is 0 Å². The number of rotatable bonds is 7. The third-order valence-corrected chi connectivity index (χ3v) is 8.57. The van der Waals surface area contributed by atoms with Crippen molar-refractivity contribution < 1.29 is 13.8 Å². The van der Waals surface area contributed by atoms with Crippen molar-refractivity contribution in [3.8, 4) is 11.1 Å². The van der Waals surface area contributed by atoms with Crippen LogP contribution in [0.15, 0.2) is 42.5 Å². The van der Waals surface area contributed by atoms with Gasteiger partial charge in [0.05, 0.1) is 11.1 Å². The molecular formula is C30H33ClN4O3S. The van der Waals surface area contributed by atoms with Crippen molar-refractivity contribution in [3.05, 3.63) is 75.6 Å². The molecule has 3 heterocycles. The molecule has 5 rings (SSSR count). The molecule has 39 heavy (non-hydrogen) atoms. The van der Waals surface area contributed by atoms with E-state index in [0.29, 0.717) is 47.8 Å². The summed E-state index contributed by atoms with van der Waals surface area (Å²) in [5.74, 6) is 0.366. The van der Waals surface area contributed by atoms with Crippen LogP contribution >= 0.6 is 11.6 Å². The summed E-state index contributed by atoms with van der Waals surface area (Å²) in [6.07, 6.45) is 4.83. The van der Waals surface area contributed by atoms with Crippen LogP contribution in [0.2, 0.25) is 5.02 Å². The highest BCUT2D eigenvalue weighted by Crippen LogP contribution is 2.41. The lowest BCUT2D eigenvalue weighted by atomic mass is 9.93. The van der Waals surface area contributed by atoms with E-state index in [1.54, 1.807) is 6.26 Å². The lowest BCUT2D eigenvalue weighted by Crippen LogP contribution is -2.47. The number of likely N-dealkylation sites (N-methyl/N-ethyl adjacent to an activating group) is 1. The normalized spacial score (nSPS) is 17.4. The zero-order valence-corrected chi connectivity index (χ0v) is 24.0. The SMILES string of the molecule is Cc1[nH]c(/C=C2\C(=O)Nc3cccc(-c4ccc(Cl)cc4)c32)c(CCCS(C)=O)c1C(=O)N1CCN(C)CC1. The van der Waals surface area contributed by atoms with E-state index in [1.165, 1.54) is 0 Å². The molecule has 0 spiro atoms. The molecule has 2 N–H and O–H groups in total. The molecule has 1 unspecified atom stereocenters. The lowest BCUT2D eigenvalue weighted by molar-refractivity contribution is -0.110. The number of halogens is 1. The fraction of sp³-hybridized carbons (Fsp3) is 0.333. The largest absolute Gasteiger partial charge is 0.358 e. The second-order valence-corrected chi connectivity index (χ2v) is 12.2. The first-order valence-corrected chi connectivity index (χ1v) is 15.2. The summed E-state index contributed by atoms with van der Waals surface area (Å²) in [5, 5.41) is 3.65. The van der Waals surface area contributed by atoms with Crippen LogP contribution < -0.4 is 5.32 Å². The average molecular weight is 565 g/mol. The molecule has 2 aliphatic rings. The molecule has 0 saturated carbocycles. The number of anilines is 1. The van der Waals surface area contributed by atoms with Crippen molar-refractivity contribution in [1.29, 1.82) is 0 Å². The van der Waals surface area contributed by atoms with Gasteiger partial charge >= 0.3 is 0 Å². The zero-order chi connectivity index (χ0) is 27.7. The Morgan fingerprint density at radius 2 is 1.82 bits per heavy atom. The molecule has 0 radical (unpaired) electrons. The average Bonchev–Trinajstić information content (AvgIpc) is 3.39. The number of aromatic nitrogens is 1. The van der Waals surface area contributed by atoms with Gasteiger partial charge in [0.1, 0.15) is 0 Å². The summed E-state index contributed by atoms with van der Waals surface area (Å²) in [6, 6.07) is 13.4. The highest BCUT2D eigenvalue weighted by molar-refractivity contribution is 7.84. The van der Waals surface area contributed by atoms with Gasteiger partial charge in [-0.05, 0) is 67.8 Å². The molecular weight excluding hydrogens is 532 g/mol. The molecule has 2 aromatic carbocycles. The summed E-state index contributed by atoms with van der Waals surface area (Å²) < 4.78 is 11.8. The highest BCUT2D eigenvalue weighted by atomic mass is 35.5. The van der Waals surface area contributed by atoms with E-state index < -0.39 is 10.8 Å². The molecule has 1 aromatic heterocycles. The number of aryl methyl sites for hydroxylation is 1. The molecule has 1 atom stereocenters. The predicted molar refractivity (Wildman–Crippen MR) is 160 cm³/mol. The second-order valence-electron chi connectivity index (χ2n) is 10.2. The third-order valence-electron chi connectivity index (χ3n) is 7.46. The number of H-pyrrole nitrogens is 1. The van der Waals surface area contributed by atoms with Gasteiger partial charge in [-0.3, -0.25) is 13.8 Å². The maximum atomic E-state index is 13.7. The molecule has 0 bridgehead atoms. The van der Waals surface area contributed by atoms with Crippen LogP contribution in [-0.4, -0.2) is 76.0 Å². The van der Waals surface area contributed by atoms with Crippen molar-refractivity contribution in [2.75, 3.05) is 50.6 Å². The Kier molecular flexibility index (Phi) is 8.07. The standard InChI is InChI=1S/C30H33ClN4O3S/c1-19-27(30(37)35-15-13-34(2)14-16-35)23(7-5-17-39(3)38)26(32-19)18-24-28-22(20-9-11-21(31)12-10-20)6-4-8-25(28)33-29(24)36/h4,6,8-12,18,32H,5,7,13-17H2,1-3H3,(H,33,36)/b24-18-. The summed E-state index contributed by atoms with van der Waals surface area (Å²) in [4.78, 5) is 34.5. The molecule has 2 aliphatic heterocycles. The minimum Gasteiger partial charge on any atom is -0.358 e. The number of nitrogens with one attached hydrogen (secondary N) is 2. The van der Waals surface area contributed by atoms with Crippen molar-refractivity contribution in [3.63, 3.8) is 0 Å². The van der Waals surface area contributed by atoms with Crippen LogP contribution in [-0.2, 0) is 22.0 Å². The number of carbonyl (C=O) groups excluding carboxylic acids is 2. The van der Waals surface area contributed by atoms with E-state index in [1.807, 2.05) is 60.4 Å². The van der Waals surface area contributed by atoms with Crippen LogP contribution in [0, 0.1) is 6.92 Å². The Morgan fingerprint density at radius 1 is 1.10 bits per heavy atom. The van der Waals surface area contributed by atoms with E-state index in [9.17, 15) is 13.8 Å². The van der Waals surface area contributed by atoms with Crippen LogP contribution in [0.3, 0.4) is 0 Å². The van der Waals surface area contributed by atoms with Crippen LogP contribution in [0.25, 0.3) is 22.8 Å². The van der Waals surface area contributed by atoms with E-state index in [-0.39, 0.29) is 11.8 Å². The molecule has 0 aliphatic carbocycles. The van der Waals surface area contributed by atoms with Crippen molar-refractivity contribution >= 4 is 51.6 Å². The smallest absolute Gasteiger partial charge is 0.256 e. The molecule has 204 valence electrons. The Labute approximate surface area is 236 Å². The first-order chi connectivity index (χ1) is 18.7. The number of fused-ring (bicyclic) bond motifs is 1. The number of amides is 2. The zero-order valence-electron chi connectivity index (χ0n) is 22.5. The van der Waals surface area contributed by atoms with E-state index in [4.69, 9.17) is 11.6 Å². The van der Waals surface area contributed by atoms with Crippen molar-refractivity contribution in [2.24, 2.45) is 0 Å². The van der Waals surface area contributed by atoms with Crippen molar-refractivity contribution in [2.45, 2.75) is 19.8 Å². The number of nitrogens with zero attached hydrogens (tertiary/aromatic N) is 2. The quantitative estimate of drug-likeness (QED) is 0.402. The van der Waals surface area contributed by atoms with E-state index in [2.05, 4.69) is 22.2 Å². The summed E-state index contributed by atoms with van der Waals surface area (Å²) in [7, 11) is 1.13. The summed E-state index contributed by atoms with van der Waals surface area (Å²) >= 11 is 6.13. The van der Waals surface area contributed by atoms with Crippen LogP contribution in [0.4, 0.5) is 5.69 Å². The Balaban J connectivity index is 1.59. The Bertz CT molecular complexity index is 1470. The molecule has 2 amide bonds. The molecule has 3 aromatic rings. The molecule has 7 nitrogen and oxygen atoms in total. The number of hydrogen-bond donors (Lipinski definition) is 2. The van der Waals surface area contributed by atoms with Crippen LogP contribution in [0.1, 0.15) is 39.3 Å². The lowest BCUT2D eigenvalue weighted by Gasteiger charge is -2.32. The highest BCUT2D eigenvalue weighted by Gasteiger charge is 2.30. The van der Waals surface area contributed by atoms with E-state index in [0.717, 1.165) is 52.4 Å². The number of carbonyl (C=O) groups is 2. The van der Waals surface area contributed by atoms with Gasteiger partial charge in [-0.2, -0.15) is 0 Å². The van der Waals surface area contributed by atoms with Gasteiger partial charge in [0, 0.05) is 76.6 Å². The minimum absolute atomic E-state index is 0.00671. The fourth-order valence-electron chi connectivity index (χ4n) is 5.40. The number of piperazine rings is 1. The van der Waals surface area contributed by atoms with Gasteiger partial charge in [0.15, 0.2) is 0 Å². The number of benzene rings is 2. The molecule has 1 fully saturated rings. The first-order valence-electron chi connectivity index (χ1n) is 13.1. The maximum Gasteiger partial charge on any atom is 0.256 e. The van der Waals surface area contributed by atoms with Gasteiger partial charge in [-0.25, -0.2) is 0 Å². The predicted octanol–water partition coefficient (Wildman–Crippen LogP) is 4.83. The number of aromatic amines is 1. The Morgan fingerprint density at radius 3 is 2.51 bits per heavy atom. The Hall–Kier alpha value is -3.20. The van der Waals surface area contributed by atoms with Gasteiger partial charge in [-0.15, -0.1) is 0 Å². The maximum absolute atomic E-state index is 13.7. The van der Waals surface area contributed by atoms with Gasteiger partial charge in [-0.1, -0.05) is 35.9 Å². The monoisotopic (exact) mass is 564 g/mol. The van der Waals surface area contributed by atoms with Gasteiger partial charge < -0.3 is 20.1 Å². The van der Waals surface area contributed by atoms with Crippen LogP contribution in [0.5, 0.6) is 0 Å². The van der Waals surface area contributed by atoms with Gasteiger partial charge in [0.2, 0.25) is 0 Å². The van der Waals surface area contributed by atoms with Crippen molar-refractivity contribution in [1.82, 2.24) is 14.8 Å². The second kappa shape index (κ2) is 11.5. The topological polar surface area (TPSA) is 85.5 Å². The summed E-state index contributed by atoms with van der Waals surface area (Å²) in [5.41, 5.74) is 7.06.